The minimum atomic E-state index is -4.32. The zero-order valence-electron chi connectivity index (χ0n) is 5.30. The maximum atomic E-state index is 11.0. The molecule has 0 radical (unpaired) electrons. The van der Waals surface area contributed by atoms with Crippen LogP contribution in [0.2, 0.25) is 0 Å². The number of halogens is 7. The molecule has 0 aliphatic carbocycles. The SMILES string of the molecule is CC(Cl)Cl.FC(F)(F)C(Cl)Br. The molecule has 1 atom stereocenters. The lowest BCUT2D eigenvalue weighted by Crippen LogP contribution is -2.16. The smallest absolute Gasteiger partial charge is 0.168 e. The molecule has 70 valence electrons. The molecule has 0 saturated heterocycles. The van der Waals surface area contributed by atoms with Gasteiger partial charge in [0.25, 0.3) is 0 Å². The quantitative estimate of drug-likeness (QED) is 0.584. The van der Waals surface area contributed by atoms with E-state index in [1.165, 1.54) is 0 Å². The maximum absolute atomic E-state index is 11.0. The van der Waals surface area contributed by atoms with Gasteiger partial charge in [0.1, 0.15) is 4.84 Å². The Labute approximate surface area is 86.1 Å². The van der Waals surface area contributed by atoms with E-state index in [1.54, 1.807) is 6.92 Å². The van der Waals surface area contributed by atoms with Crippen LogP contribution in [-0.4, -0.2) is 15.3 Å². The molecule has 0 spiro atoms. The van der Waals surface area contributed by atoms with Gasteiger partial charge in [0.05, 0.1) is 0 Å². The molecule has 7 heteroatoms. The lowest BCUT2D eigenvalue weighted by molar-refractivity contribution is -0.112. The lowest BCUT2D eigenvalue weighted by atomic mass is 10.8. The van der Waals surface area contributed by atoms with Gasteiger partial charge in [0.2, 0.25) is 0 Å². The van der Waals surface area contributed by atoms with Gasteiger partial charge in [0, 0.05) is 0 Å². The van der Waals surface area contributed by atoms with E-state index in [9.17, 15) is 13.2 Å². The van der Waals surface area contributed by atoms with Gasteiger partial charge in [-0.05, 0) is 6.92 Å². The second-order valence-corrected chi connectivity index (χ2v) is 4.77. The fourth-order valence-electron chi connectivity index (χ4n) is 0. The summed E-state index contributed by atoms with van der Waals surface area (Å²) in [5.74, 6) is 0. The highest BCUT2D eigenvalue weighted by atomic mass is 79.9. The summed E-state index contributed by atoms with van der Waals surface area (Å²) in [7, 11) is 0. The van der Waals surface area contributed by atoms with Gasteiger partial charge in [-0.1, -0.05) is 15.9 Å². The largest absolute Gasteiger partial charge is 0.414 e. The van der Waals surface area contributed by atoms with Crippen LogP contribution in [0.4, 0.5) is 13.2 Å². The van der Waals surface area contributed by atoms with E-state index in [-0.39, 0.29) is 4.84 Å². The van der Waals surface area contributed by atoms with Gasteiger partial charge < -0.3 is 0 Å². The second-order valence-electron chi connectivity index (χ2n) is 1.36. The molecule has 1 unspecified atom stereocenters. The minimum absolute atomic E-state index is 0.222. The van der Waals surface area contributed by atoms with Crippen molar-refractivity contribution >= 4 is 50.7 Å². The van der Waals surface area contributed by atoms with Crippen molar-refractivity contribution in [2.24, 2.45) is 0 Å². The molecule has 0 bridgehead atoms. The molecule has 0 aromatic rings. The predicted molar refractivity (Wildman–Crippen MR) is 45.8 cm³/mol. The summed E-state index contributed by atoms with van der Waals surface area (Å²) in [6.07, 6.45) is -4.32. The standard InChI is InChI=1S/C2HBrClF3.C2H4Cl2/c3-1(4)2(5,6)7;1-2(3)4/h1H;2H,1H3. The van der Waals surface area contributed by atoms with E-state index in [2.05, 4.69) is 27.5 Å². The first-order valence-electron chi connectivity index (χ1n) is 2.31. The van der Waals surface area contributed by atoms with Gasteiger partial charge in [-0.3, -0.25) is 0 Å². The number of hydrogen-bond acceptors (Lipinski definition) is 0. The zero-order valence-corrected chi connectivity index (χ0v) is 9.15. The average Bonchev–Trinajstić information content (AvgIpc) is 1.59. The van der Waals surface area contributed by atoms with Crippen LogP contribution in [0.25, 0.3) is 0 Å². The molecule has 0 rings (SSSR count). The monoisotopic (exact) mass is 294 g/mol. The van der Waals surface area contributed by atoms with Crippen LogP contribution in [0.1, 0.15) is 6.92 Å². The molecule has 0 heterocycles. The van der Waals surface area contributed by atoms with Crippen molar-refractivity contribution in [1.82, 2.24) is 0 Å². The Morgan fingerprint density at radius 2 is 1.27 bits per heavy atom. The summed E-state index contributed by atoms with van der Waals surface area (Å²) in [6, 6.07) is 0. The topological polar surface area (TPSA) is 0 Å². The first-order chi connectivity index (χ1) is 4.68. The highest BCUT2D eigenvalue weighted by Crippen LogP contribution is 2.28. The Kier molecular flexibility index (Phi) is 8.84. The van der Waals surface area contributed by atoms with E-state index in [0.29, 0.717) is 0 Å². The third-order valence-corrected chi connectivity index (χ3v) is 1.01. The predicted octanol–water partition coefficient (Wildman–Crippen LogP) is 4.32. The van der Waals surface area contributed by atoms with Crippen LogP contribution in [0.15, 0.2) is 0 Å². The van der Waals surface area contributed by atoms with E-state index in [4.69, 9.17) is 23.2 Å². The molecule has 0 nitrogen and oxygen atoms in total. The Bertz CT molecular complexity index is 90.3. The van der Waals surface area contributed by atoms with Crippen molar-refractivity contribution in [1.29, 1.82) is 0 Å². The van der Waals surface area contributed by atoms with Gasteiger partial charge in [-0.2, -0.15) is 13.2 Å². The summed E-state index contributed by atoms with van der Waals surface area (Å²) in [4.78, 5) is -0.222. The summed E-state index contributed by atoms with van der Waals surface area (Å²) in [5.41, 5.74) is 0. The van der Waals surface area contributed by atoms with Crippen molar-refractivity contribution in [3.05, 3.63) is 0 Å². The highest BCUT2D eigenvalue weighted by molar-refractivity contribution is 9.10. The Hall–Kier alpha value is 1.14. The fraction of sp³-hybridized carbons (Fsp3) is 1.00. The summed E-state index contributed by atoms with van der Waals surface area (Å²) < 4.78 is 31.1. The molecule has 0 saturated carbocycles. The van der Waals surface area contributed by atoms with Crippen LogP contribution in [0, 0.1) is 0 Å². The minimum Gasteiger partial charge on any atom is -0.168 e. The van der Waals surface area contributed by atoms with Crippen molar-refractivity contribution in [2.45, 2.75) is 22.2 Å². The van der Waals surface area contributed by atoms with Crippen molar-refractivity contribution in [3.63, 3.8) is 0 Å². The molecule has 0 fully saturated rings. The second kappa shape index (κ2) is 6.63. The Balaban J connectivity index is 0. The number of alkyl halides is 7. The number of rotatable bonds is 0. The fourth-order valence-corrected chi connectivity index (χ4v) is 0. The first kappa shape index (κ1) is 14.7. The summed E-state index contributed by atoms with van der Waals surface area (Å²) in [6.45, 7) is 1.70. The molecular formula is C4H5BrCl3F3. The Morgan fingerprint density at radius 3 is 1.27 bits per heavy atom. The summed E-state index contributed by atoms with van der Waals surface area (Å²) >= 11 is 16.8. The molecule has 0 aliphatic heterocycles. The van der Waals surface area contributed by atoms with E-state index < -0.39 is 10.5 Å². The van der Waals surface area contributed by atoms with Crippen LogP contribution in [-0.2, 0) is 0 Å². The highest BCUT2D eigenvalue weighted by Gasteiger charge is 2.35. The molecule has 0 aromatic heterocycles. The van der Waals surface area contributed by atoms with Crippen molar-refractivity contribution in [3.8, 4) is 0 Å². The van der Waals surface area contributed by atoms with Crippen LogP contribution >= 0.6 is 50.7 Å². The van der Waals surface area contributed by atoms with Gasteiger partial charge >= 0.3 is 6.18 Å². The molecule has 0 amide bonds. The van der Waals surface area contributed by atoms with Crippen LogP contribution in [0.5, 0.6) is 0 Å². The van der Waals surface area contributed by atoms with Gasteiger partial charge in [-0.15, -0.1) is 34.8 Å². The summed E-state index contributed by atoms with van der Waals surface area (Å²) in [5, 5.41) is 0. The molecule has 11 heavy (non-hydrogen) atoms. The van der Waals surface area contributed by atoms with E-state index >= 15 is 0 Å². The number of hydrogen-bond donors (Lipinski definition) is 0. The average molecular weight is 296 g/mol. The van der Waals surface area contributed by atoms with Crippen LogP contribution < -0.4 is 0 Å². The first-order valence-corrected chi connectivity index (χ1v) is 4.53. The Morgan fingerprint density at radius 1 is 1.18 bits per heavy atom. The third-order valence-electron chi connectivity index (χ3n) is 0.247. The molecule has 0 aliphatic rings. The van der Waals surface area contributed by atoms with E-state index in [1.807, 2.05) is 0 Å². The zero-order chi connectivity index (χ0) is 9.65. The lowest BCUT2D eigenvalue weighted by Gasteiger charge is -2.03. The van der Waals surface area contributed by atoms with Gasteiger partial charge in [-0.25, -0.2) is 0 Å². The van der Waals surface area contributed by atoms with Crippen molar-refractivity contribution in [2.75, 3.05) is 0 Å². The molecule has 0 N–H and O–H groups in total. The van der Waals surface area contributed by atoms with Crippen LogP contribution in [0.3, 0.4) is 0 Å². The van der Waals surface area contributed by atoms with E-state index in [0.717, 1.165) is 0 Å². The molecule has 0 aromatic carbocycles. The van der Waals surface area contributed by atoms with Crippen molar-refractivity contribution < 1.29 is 13.2 Å². The molecular weight excluding hydrogens is 291 g/mol. The normalized spacial score (nSPS) is 13.9. The third kappa shape index (κ3) is 18.3. The van der Waals surface area contributed by atoms with Gasteiger partial charge in [0.15, 0.2) is 4.29 Å². The maximum Gasteiger partial charge on any atom is 0.414 e.